The summed E-state index contributed by atoms with van der Waals surface area (Å²) >= 11 is 1.91. The molecule has 18 heavy (non-hydrogen) atoms. The van der Waals surface area contributed by atoms with E-state index in [1.807, 2.05) is 11.3 Å². The fraction of sp³-hybridized carbons (Fsp3) is 0.429. The van der Waals surface area contributed by atoms with Crippen LogP contribution >= 0.6 is 11.3 Å². The summed E-state index contributed by atoms with van der Waals surface area (Å²) < 4.78 is 1.37. The van der Waals surface area contributed by atoms with E-state index < -0.39 is 0 Å². The maximum absolute atomic E-state index is 5.69. The van der Waals surface area contributed by atoms with Gasteiger partial charge in [-0.25, -0.2) is 0 Å². The Balaban J connectivity index is 1.79. The molecule has 0 radical (unpaired) electrons. The van der Waals surface area contributed by atoms with Gasteiger partial charge in [-0.2, -0.15) is 0 Å². The molecule has 0 unspecified atom stereocenters. The minimum atomic E-state index is 0.624. The molecule has 1 aliphatic heterocycles. The Labute approximate surface area is 112 Å². The van der Waals surface area contributed by atoms with E-state index in [0.717, 1.165) is 32.7 Å². The zero-order valence-corrected chi connectivity index (χ0v) is 11.3. The number of nitrogens with two attached hydrogens (primary N) is 1. The average Bonchev–Trinajstić information content (AvgIpc) is 2.80. The molecule has 96 valence electrons. The maximum Gasteiger partial charge on any atom is 0.0346 e. The first-order valence-corrected chi connectivity index (χ1v) is 7.31. The first-order valence-electron chi connectivity index (χ1n) is 6.49. The molecular weight excluding hydrogens is 242 g/mol. The van der Waals surface area contributed by atoms with Crippen molar-refractivity contribution < 1.29 is 0 Å². The maximum atomic E-state index is 5.69. The molecule has 1 saturated heterocycles. The van der Waals surface area contributed by atoms with Gasteiger partial charge in [0.2, 0.25) is 0 Å². The Hall–Kier alpha value is -0.940. The average molecular weight is 261 g/mol. The van der Waals surface area contributed by atoms with Gasteiger partial charge in [0.05, 0.1) is 0 Å². The Bertz CT molecular complexity index is 529. The predicted molar refractivity (Wildman–Crippen MR) is 77.9 cm³/mol. The Morgan fingerprint density at radius 1 is 1.22 bits per heavy atom. The smallest absolute Gasteiger partial charge is 0.0346 e. The second-order valence-electron chi connectivity index (χ2n) is 4.82. The Morgan fingerprint density at radius 2 is 2.06 bits per heavy atom. The molecule has 3 N–H and O–H groups in total. The van der Waals surface area contributed by atoms with Gasteiger partial charge in [-0.15, -0.1) is 11.3 Å². The summed E-state index contributed by atoms with van der Waals surface area (Å²) in [6.45, 7) is 6.24. The van der Waals surface area contributed by atoms with Gasteiger partial charge in [0.15, 0.2) is 0 Å². The number of rotatable bonds is 3. The number of benzene rings is 1. The van der Waals surface area contributed by atoms with Crippen molar-refractivity contribution in [1.29, 1.82) is 0 Å². The third-order valence-electron chi connectivity index (χ3n) is 3.46. The van der Waals surface area contributed by atoms with Gasteiger partial charge in [0.1, 0.15) is 0 Å². The second-order valence-corrected chi connectivity index (χ2v) is 5.98. The number of nitrogens with one attached hydrogen (secondary N) is 1. The number of piperazine rings is 1. The molecule has 0 bridgehead atoms. The molecule has 1 aliphatic rings. The summed E-state index contributed by atoms with van der Waals surface area (Å²) in [6.07, 6.45) is 0. The lowest BCUT2D eigenvalue weighted by Gasteiger charge is -2.26. The lowest BCUT2D eigenvalue weighted by Crippen LogP contribution is -2.42. The van der Waals surface area contributed by atoms with Gasteiger partial charge < -0.3 is 11.1 Å². The predicted octanol–water partition coefficient (Wildman–Crippen LogP) is 1.77. The molecule has 1 aromatic carbocycles. The molecule has 1 aromatic heterocycles. The van der Waals surface area contributed by atoms with Gasteiger partial charge >= 0.3 is 0 Å². The molecule has 3 rings (SSSR count). The van der Waals surface area contributed by atoms with Gasteiger partial charge in [-0.1, -0.05) is 6.07 Å². The topological polar surface area (TPSA) is 41.3 Å². The molecule has 0 aliphatic carbocycles. The van der Waals surface area contributed by atoms with Crippen LogP contribution < -0.4 is 11.1 Å². The van der Waals surface area contributed by atoms with Crippen molar-refractivity contribution in [3.63, 3.8) is 0 Å². The summed E-state index contributed by atoms with van der Waals surface area (Å²) in [5.74, 6) is 0. The quantitative estimate of drug-likeness (QED) is 0.884. The van der Waals surface area contributed by atoms with Crippen molar-refractivity contribution in [3.05, 3.63) is 34.7 Å². The summed E-state index contributed by atoms with van der Waals surface area (Å²) in [5.41, 5.74) is 6.90. The van der Waals surface area contributed by atoms with E-state index in [2.05, 4.69) is 34.5 Å². The molecule has 0 spiro atoms. The minimum absolute atomic E-state index is 0.624. The molecule has 4 heteroatoms. The number of fused-ring (bicyclic) bond motifs is 1. The first-order chi connectivity index (χ1) is 8.85. The minimum Gasteiger partial charge on any atom is -0.326 e. The SMILES string of the molecule is NCc1ccc2sc(CN3CCNCC3)cc2c1. The monoisotopic (exact) mass is 261 g/mol. The van der Waals surface area contributed by atoms with Crippen LogP contribution in [-0.4, -0.2) is 31.1 Å². The summed E-state index contributed by atoms with van der Waals surface area (Å²) in [4.78, 5) is 3.98. The zero-order valence-electron chi connectivity index (χ0n) is 10.5. The third-order valence-corrected chi connectivity index (χ3v) is 4.56. The summed E-state index contributed by atoms with van der Waals surface area (Å²) in [6, 6.07) is 8.87. The molecule has 1 fully saturated rings. The van der Waals surface area contributed by atoms with Gasteiger partial charge in [0.25, 0.3) is 0 Å². The molecule has 0 amide bonds. The number of hydrogen-bond donors (Lipinski definition) is 2. The van der Waals surface area contributed by atoms with Crippen LogP contribution in [0.25, 0.3) is 10.1 Å². The van der Waals surface area contributed by atoms with Crippen molar-refractivity contribution in [3.8, 4) is 0 Å². The molecule has 2 heterocycles. The van der Waals surface area contributed by atoms with E-state index in [1.54, 1.807) is 0 Å². The van der Waals surface area contributed by atoms with Crippen molar-refractivity contribution in [2.75, 3.05) is 26.2 Å². The largest absolute Gasteiger partial charge is 0.326 e. The van der Waals surface area contributed by atoms with Crippen LogP contribution in [0.3, 0.4) is 0 Å². The summed E-state index contributed by atoms with van der Waals surface area (Å²) in [5, 5.41) is 4.73. The van der Waals surface area contributed by atoms with E-state index in [9.17, 15) is 0 Å². The van der Waals surface area contributed by atoms with Crippen molar-refractivity contribution in [2.45, 2.75) is 13.1 Å². The lowest BCUT2D eigenvalue weighted by atomic mass is 10.1. The van der Waals surface area contributed by atoms with Crippen molar-refractivity contribution >= 4 is 21.4 Å². The van der Waals surface area contributed by atoms with Gasteiger partial charge in [0, 0.05) is 48.8 Å². The van der Waals surface area contributed by atoms with Crippen LogP contribution in [0.5, 0.6) is 0 Å². The van der Waals surface area contributed by atoms with Crippen molar-refractivity contribution in [2.24, 2.45) is 5.73 Å². The highest BCUT2D eigenvalue weighted by atomic mass is 32.1. The first kappa shape index (κ1) is 12.1. The fourth-order valence-electron chi connectivity index (χ4n) is 2.44. The fourth-order valence-corrected chi connectivity index (χ4v) is 3.53. The third kappa shape index (κ3) is 2.57. The lowest BCUT2D eigenvalue weighted by molar-refractivity contribution is 0.235. The summed E-state index contributed by atoms with van der Waals surface area (Å²) in [7, 11) is 0. The van der Waals surface area contributed by atoms with Crippen LogP contribution in [0.2, 0.25) is 0 Å². The number of hydrogen-bond acceptors (Lipinski definition) is 4. The standard InChI is InChI=1S/C14H19N3S/c15-9-11-1-2-14-12(7-11)8-13(18-14)10-17-5-3-16-4-6-17/h1-2,7-8,16H,3-6,9-10,15H2. The van der Waals surface area contributed by atoms with Crippen LogP contribution in [0.1, 0.15) is 10.4 Å². The highest BCUT2D eigenvalue weighted by molar-refractivity contribution is 7.19. The van der Waals surface area contributed by atoms with E-state index in [-0.39, 0.29) is 0 Å². The van der Waals surface area contributed by atoms with Crippen LogP contribution in [-0.2, 0) is 13.1 Å². The van der Waals surface area contributed by atoms with Gasteiger partial charge in [-0.3, -0.25) is 4.90 Å². The van der Waals surface area contributed by atoms with Crippen molar-refractivity contribution in [1.82, 2.24) is 10.2 Å². The van der Waals surface area contributed by atoms with E-state index in [1.165, 1.54) is 20.5 Å². The number of thiophene rings is 1. The van der Waals surface area contributed by atoms with Crippen LogP contribution in [0, 0.1) is 0 Å². The van der Waals surface area contributed by atoms with E-state index in [4.69, 9.17) is 5.73 Å². The Kier molecular flexibility index (Phi) is 3.61. The zero-order chi connectivity index (χ0) is 12.4. The van der Waals surface area contributed by atoms with E-state index in [0.29, 0.717) is 6.54 Å². The van der Waals surface area contributed by atoms with Gasteiger partial charge in [-0.05, 0) is 29.1 Å². The molecule has 0 saturated carbocycles. The molecule has 3 nitrogen and oxygen atoms in total. The second kappa shape index (κ2) is 5.36. The normalized spacial score (nSPS) is 17.4. The van der Waals surface area contributed by atoms with Crippen LogP contribution in [0.4, 0.5) is 0 Å². The van der Waals surface area contributed by atoms with Crippen LogP contribution in [0.15, 0.2) is 24.3 Å². The molecular formula is C14H19N3S. The van der Waals surface area contributed by atoms with E-state index >= 15 is 0 Å². The number of nitrogens with zero attached hydrogens (tertiary/aromatic N) is 1. The Morgan fingerprint density at radius 3 is 2.83 bits per heavy atom. The highest BCUT2D eigenvalue weighted by Crippen LogP contribution is 2.27. The highest BCUT2D eigenvalue weighted by Gasteiger charge is 2.11. The molecule has 2 aromatic rings. The molecule has 0 atom stereocenters.